The first-order valence-electron chi connectivity index (χ1n) is 6.78. The number of rotatable bonds is 2. The standard InChI is InChI=1S/C11H15Br.C4H5FO.C2H6/c1-7(2)10-5-9(4)11(12)6-8(10)3;1-3(5)4(2)6;1-2/h5-7H,1-4H3;1H2,2H3;1-2H3. The van der Waals surface area contributed by atoms with Crippen molar-refractivity contribution in [1.29, 1.82) is 0 Å². The number of Topliss-reactive ketones (excluding diaryl/α,β-unsaturated/α-hetero) is 1. The molecule has 0 N–H and O–H groups in total. The molecule has 20 heavy (non-hydrogen) atoms. The molecule has 0 aliphatic heterocycles. The summed E-state index contributed by atoms with van der Waals surface area (Å²) in [6.45, 7) is 16.6. The lowest BCUT2D eigenvalue weighted by Crippen LogP contribution is -1.93. The molecular weight excluding hydrogens is 319 g/mol. The maximum Gasteiger partial charge on any atom is 0.187 e. The van der Waals surface area contributed by atoms with Crippen LogP contribution in [0.5, 0.6) is 0 Å². The van der Waals surface area contributed by atoms with Crippen LogP contribution in [0.15, 0.2) is 29.0 Å². The lowest BCUT2D eigenvalue weighted by Gasteiger charge is -2.11. The van der Waals surface area contributed by atoms with E-state index in [1.165, 1.54) is 21.2 Å². The molecule has 0 aliphatic rings. The smallest absolute Gasteiger partial charge is 0.187 e. The number of aryl methyl sites for hydroxylation is 2. The van der Waals surface area contributed by atoms with Gasteiger partial charge in [-0.1, -0.05) is 56.3 Å². The van der Waals surface area contributed by atoms with E-state index in [4.69, 9.17) is 0 Å². The zero-order valence-corrected chi connectivity index (χ0v) is 15.2. The highest BCUT2D eigenvalue weighted by molar-refractivity contribution is 9.10. The lowest BCUT2D eigenvalue weighted by atomic mass is 9.96. The second kappa shape index (κ2) is 10.8. The summed E-state index contributed by atoms with van der Waals surface area (Å²) in [6, 6.07) is 4.47. The number of hydrogen-bond acceptors (Lipinski definition) is 1. The van der Waals surface area contributed by atoms with E-state index in [-0.39, 0.29) is 0 Å². The van der Waals surface area contributed by atoms with Gasteiger partial charge in [-0.2, -0.15) is 0 Å². The summed E-state index contributed by atoms with van der Waals surface area (Å²) in [6.07, 6.45) is 0. The SMILES string of the molecule is C=C(F)C(C)=O.CC.Cc1cc(C(C)C)c(C)cc1Br. The Morgan fingerprint density at radius 2 is 1.60 bits per heavy atom. The topological polar surface area (TPSA) is 17.1 Å². The fourth-order valence-electron chi connectivity index (χ4n) is 1.43. The van der Waals surface area contributed by atoms with Gasteiger partial charge in [0, 0.05) is 11.4 Å². The third-order valence-corrected chi connectivity index (χ3v) is 3.41. The van der Waals surface area contributed by atoms with E-state index >= 15 is 0 Å². The van der Waals surface area contributed by atoms with Crippen LogP contribution >= 0.6 is 15.9 Å². The molecule has 1 aromatic rings. The number of benzene rings is 1. The molecule has 0 saturated heterocycles. The second-order valence-corrected chi connectivity index (χ2v) is 5.43. The third kappa shape index (κ3) is 8.26. The highest BCUT2D eigenvalue weighted by Gasteiger charge is 2.05. The zero-order chi connectivity index (χ0) is 16.5. The molecule has 0 bridgehead atoms. The molecule has 0 atom stereocenters. The molecule has 114 valence electrons. The fourth-order valence-corrected chi connectivity index (χ4v) is 1.88. The van der Waals surface area contributed by atoms with Crippen molar-refractivity contribution in [3.8, 4) is 0 Å². The molecule has 0 saturated carbocycles. The number of carbonyl (C=O) groups is 1. The van der Waals surface area contributed by atoms with Crippen molar-refractivity contribution in [3.63, 3.8) is 0 Å². The van der Waals surface area contributed by atoms with Crippen LogP contribution in [0.25, 0.3) is 0 Å². The van der Waals surface area contributed by atoms with Crippen molar-refractivity contribution in [2.45, 2.75) is 54.4 Å². The Labute approximate surface area is 131 Å². The predicted octanol–water partition coefficient (Wildman–Crippen LogP) is 6.27. The molecule has 0 fully saturated rings. The van der Waals surface area contributed by atoms with E-state index in [9.17, 15) is 9.18 Å². The van der Waals surface area contributed by atoms with Gasteiger partial charge in [-0.05, 0) is 42.5 Å². The Morgan fingerprint density at radius 3 is 1.90 bits per heavy atom. The minimum atomic E-state index is -0.880. The molecule has 0 aliphatic carbocycles. The first-order chi connectivity index (χ1) is 9.16. The average molecular weight is 345 g/mol. The van der Waals surface area contributed by atoms with Crippen molar-refractivity contribution < 1.29 is 9.18 Å². The van der Waals surface area contributed by atoms with Crippen LogP contribution in [0.3, 0.4) is 0 Å². The lowest BCUT2D eigenvalue weighted by molar-refractivity contribution is -0.114. The molecule has 0 unspecified atom stereocenters. The van der Waals surface area contributed by atoms with E-state index in [0.717, 1.165) is 6.92 Å². The first kappa shape index (κ1) is 21.3. The Balaban J connectivity index is 0. The third-order valence-electron chi connectivity index (χ3n) is 2.55. The Bertz CT molecular complexity index is 439. The van der Waals surface area contributed by atoms with Gasteiger partial charge in [0.05, 0.1) is 0 Å². The summed E-state index contributed by atoms with van der Waals surface area (Å²) in [7, 11) is 0. The Kier molecular flexibility index (Phi) is 11.5. The average Bonchev–Trinajstić information content (AvgIpc) is 2.36. The minimum Gasteiger partial charge on any atom is -0.292 e. The van der Waals surface area contributed by atoms with Gasteiger partial charge < -0.3 is 0 Å². The van der Waals surface area contributed by atoms with Crippen LogP contribution in [-0.2, 0) is 4.79 Å². The van der Waals surface area contributed by atoms with Gasteiger partial charge in [0.2, 0.25) is 0 Å². The van der Waals surface area contributed by atoms with Crippen molar-refractivity contribution in [2.75, 3.05) is 0 Å². The summed E-state index contributed by atoms with van der Waals surface area (Å²) in [5, 5.41) is 0. The summed E-state index contributed by atoms with van der Waals surface area (Å²) in [4.78, 5) is 9.67. The minimum absolute atomic E-state index is 0.602. The van der Waals surface area contributed by atoms with Gasteiger partial charge in [-0.15, -0.1) is 0 Å². The Morgan fingerprint density at radius 1 is 1.20 bits per heavy atom. The van der Waals surface area contributed by atoms with Crippen LogP contribution in [0, 0.1) is 13.8 Å². The zero-order valence-electron chi connectivity index (χ0n) is 13.6. The summed E-state index contributed by atoms with van der Waals surface area (Å²) in [5.74, 6) is -0.859. The van der Waals surface area contributed by atoms with Crippen molar-refractivity contribution >= 4 is 21.7 Å². The molecule has 0 aromatic heterocycles. The molecule has 0 radical (unpaired) electrons. The summed E-state index contributed by atoms with van der Waals surface area (Å²) < 4.78 is 12.5. The van der Waals surface area contributed by atoms with Gasteiger partial charge in [0.15, 0.2) is 11.6 Å². The van der Waals surface area contributed by atoms with Gasteiger partial charge in [0.25, 0.3) is 0 Å². The Hall–Kier alpha value is -0.960. The summed E-state index contributed by atoms with van der Waals surface area (Å²) >= 11 is 3.53. The van der Waals surface area contributed by atoms with Crippen molar-refractivity contribution in [1.82, 2.24) is 0 Å². The number of carbonyl (C=O) groups excluding carboxylic acids is 1. The molecule has 0 heterocycles. The number of allylic oxidation sites excluding steroid dienone is 1. The number of halogens is 2. The van der Waals surface area contributed by atoms with Crippen LogP contribution in [-0.4, -0.2) is 5.78 Å². The van der Waals surface area contributed by atoms with Crippen LogP contribution in [0.4, 0.5) is 4.39 Å². The van der Waals surface area contributed by atoms with E-state index in [1.807, 2.05) is 13.8 Å². The maximum atomic E-state index is 11.3. The van der Waals surface area contributed by atoms with Gasteiger partial charge in [-0.3, -0.25) is 4.79 Å². The molecule has 0 spiro atoms. The normalized spacial score (nSPS) is 9.10. The molecular formula is C17H26BrFO. The fraction of sp³-hybridized carbons (Fsp3) is 0.471. The molecule has 1 aromatic carbocycles. The van der Waals surface area contributed by atoms with Crippen molar-refractivity contribution in [3.05, 3.63) is 45.7 Å². The monoisotopic (exact) mass is 344 g/mol. The van der Waals surface area contributed by atoms with Gasteiger partial charge >= 0.3 is 0 Å². The van der Waals surface area contributed by atoms with Crippen molar-refractivity contribution in [2.24, 2.45) is 0 Å². The number of hydrogen-bond donors (Lipinski definition) is 0. The van der Waals surface area contributed by atoms with Crippen LogP contribution < -0.4 is 0 Å². The van der Waals surface area contributed by atoms with Gasteiger partial charge in [0.1, 0.15) is 0 Å². The van der Waals surface area contributed by atoms with Gasteiger partial charge in [-0.25, -0.2) is 4.39 Å². The van der Waals surface area contributed by atoms with E-state index in [0.29, 0.717) is 5.92 Å². The molecule has 1 nitrogen and oxygen atoms in total. The molecule has 3 heteroatoms. The first-order valence-corrected chi connectivity index (χ1v) is 7.58. The van der Waals surface area contributed by atoms with E-state index < -0.39 is 11.6 Å². The van der Waals surface area contributed by atoms with E-state index in [2.05, 4.69) is 62.3 Å². The highest BCUT2D eigenvalue weighted by Crippen LogP contribution is 2.25. The molecule has 1 rings (SSSR count). The predicted molar refractivity (Wildman–Crippen MR) is 90.0 cm³/mol. The molecule has 0 amide bonds. The maximum absolute atomic E-state index is 11.3. The van der Waals surface area contributed by atoms with E-state index in [1.54, 1.807) is 0 Å². The van der Waals surface area contributed by atoms with Crippen LogP contribution in [0.2, 0.25) is 0 Å². The number of ketones is 1. The summed E-state index contributed by atoms with van der Waals surface area (Å²) in [5.41, 5.74) is 4.16. The van der Waals surface area contributed by atoms with Crippen LogP contribution in [0.1, 0.15) is 57.2 Å². The largest absolute Gasteiger partial charge is 0.292 e. The second-order valence-electron chi connectivity index (χ2n) is 4.57. The quantitative estimate of drug-likeness (QED) is 0.577. The highest BCUT2D eigenvalue weighted by atomic mass is 79.9.